The Morgan fingerprint density at radius 3 is 3.06 bits per heavy atom. The monoisotopic (exact) mass is 247 g/mol. The van der Waals surface area contributed by atoms with Gasteiger partial charge in [0.25, 0.3) is 0 Å². The van der Waals surface area contributed by atoms with Crippen molar-refractivity contribution in [3.05, 3.63) is 24.0 Å². The molecule has 0 radical (unpaired) electrons. The minimum absolute atomic E-state index is 0.718. The summed E-state index contributed by atoms with van der Waals surface area (Å²) in [4.78, 5) is 2.69. The summed E-state index contributed by atoms with van der Waals surface area (Å²) in [5.41, 5.74) is 1.42. The standard InChI is InChI=1S/C15H25N3/c1-2-17-9-6-13(12-17)11-16-14-7-10-18-8-4-3-5-15(14)18/h6,9,12,14-16H,2-5,7-8,10-11H2,1H3. The maximum Gasteiger partial charge on any atom is 0.0249 e. The molecular weight excluding hydrogens is 222 g/mol. The lowest BCUT2D eigenvalue weighted by molar-refractivity contribution is 0.180. The normalized spacial score (nSPS) is 28.5. The molecule has 3 heterocycles. The van der Waals surface area contributed by atoms with Gasteiger partial charge in [-0.25, -0.2) is 0 Å². The Labute approximate surface area is 110 Å². The Kier molecular flexibility index (Phi) is 3.71. The molecule has 2 saturated heterocycles. The van der Waals surface area contributed by atoms with Crippen LogP contribution in [0.25, 0.3) is 0 Å². The van der Waals surface area contributed by atoms with Gasteiger partial charge in [-0.3, -0.25) is 4.90 Å². The van der Waals surface area contributed by atoms with E-state index >= 15 is 0 Å². The number of nitrogens with zero attached hydrogens (tertiary/aromatic N) is 2. The first-order valence-electron chi connectivity index (χ1n) is 7.49. The van der Waals surface area contributed by atoms with Gasteiger partial charge in [0, 0.05) is 44.1 Å². The maximum atomic E-state index is 3.78. The molecule has 3 heteroatoms. The third-order valence-electron chi connectivity index (χ3n) is 4.60. The third kappa shape index (κ3) is 2.47. The maximum absolute atomic E-state index is 3.78. The van der Waals surface area contributed by atoms with Crippen LogP contribution in [0.2, 0.25) is 0 Å². The number of rotatable bonds is 4. The molecule has 2 aliphatic heterocycles. The van der Waals surface area contributed by atoms with Crippen LogP contribution in [0.3, 0.4) is 0 Å². The number of nitrogens with one attached hydrogen (secondary N) is 1. The minimum atomic E-state index is 0.718. The average Bonchev–Trinajstić information content (AvgIpc) is 3.03. The van der Waals surface area contributed by atoms with Crippen LogP contribution in [0.1, 0.15) is 38.2 Å². The minimum Gasteiger partial charge on any atom is -0.354 e. The molecule has 3 nitrogen and oxygen atoms in total. The number of fused-ring (bicyclic) bond motifs is 1. The van der Waals surface area contributed by atoms with Crippen molar-refractivity contribution in [3.63, 3.8) is 0 Å². The first kappa shape index (κ1) is 12.2. The number of aromatic nitrogens is 1. The van der Waals surface area contributed by atoms with E-state index < -0.39 is 0 Å². The van der Waals surface area contributed by atoms with Crippen molar-refractivity contribution in [3.8, 4) is 0 Å². The highest BCUT2D eigenvalue weighted by molar-refractivity contribution is 5.10. The predicted octanol–water partition coefficient (Wildman–Crippen LogP) is 2.22. The van der Waals surface area contributed by atoms with Gasteiger partial charge in [0.15, 0.2) is 0 Å². The molecule has 1 aromatic rings. The molecule has 2 fully saturated rings. The van der Waals surface area contributed by atoms with Gasteiger partial charge in [-0.1, -0.05) is 6.42 Å². The second kappa shape index (κ2) is 5.45. The Morgan fingerprint density at radius 2 is 2.22 bits per heavy atom. The van der Waals surface area contributed by atoms with Gasteiger partial charge in [0.05, 0.1) is 0 Å². The number of hydrogen-bond acceptors (Lipinski definition) is 2. The van der Waals surface area contributed by atoms with E-state index in [-0.39, 0.29) is 0 Å². The summed E-state index contributed by atoms with van der Waals surface area (Å²) in [5.74, 6) is 0. The van der Waals surface area contributed by atoms with Crippen molar-refractivity contribution in [2.45, 2.75) is 57.8 Å². The van der Waals surface area contributed by atoms with Crippen LogP contribution in [-0.2, 0) is 13.1 Å². The van der Waals surface area contributed by atoms with E-state index in [0.717, 1.165) is 25.2 Å². The van der Waals surface area contributed by atoms with Gasteiger partial charge in [0.1, 0.15) is 0 Å². The van der Waals surface area contributed by atoms with Crippen molar-refractivity contribution in [2.24, 2.45) is 0 Å². The molecular formula is C15H25N3. The zero-order valence-corrected chi connectivity index (χ0v) is 11.4. The van der Waals surface area contributed by atoms with Crippen molar-refractivity contribution in [2.75, 3.05) is 13.1 Å². The Bertz CT molecular complexity index is 385. The zero-order chi connectivity index (χ0) is 12.4. The zero-order valence-electron chi connectivity index (χ0n) is 11.4. The summed E-state index contributed by atoms with van der Waals surface area (Å²) in [6, 6.07) is 3.77. The van der Waals surface area contributed by atoms with Crippen LogP contribution >= 0.6 is 0 Å². The highest BCUT2D eigenvalue weighted by Crippen LogP contribution is 2.27. The molecule has 18 heavy (non-hydrogen) atoms. The van der Waals surface area contributed by atoms with Gasteiger partial charge in [-0.2, -0.15) is 0 Å². The highest BCUT2D eigenvalue weighted by Gasteiger charge is 2.34. The second-order valence-corrected chi connectivity index (χ2v) is 5.73. The lowest BCUT2D eigenvalue weighted by atomic mass is 9.99. The smallest absolute Gasteiger partial charge is 0.0249 e. The van der Waals surface area contributed by atoms with E-state index in [2.05, 4.69) is 40.2 Å². The largest absolute Gasteiger partial charge is 0.354 e. The molecule has 0 aliphatic carbocycles. The molecule has 0 amide bonds. The van der Waals surface area contributed by atoms with E-state index in [1.165, 1.54) is 44.3 Å². The lowest BCUT2D eigenvalue weighted by Crippen LogP contribution is -2.44. The van der Waals surface area contributed by atoms with Gasteiger partial charge in [-0.05, 0) is 44.4 Å². The van der Waals surface area contributed by atoms with Gasteiger partial charge in [-0.15, -0.1) is 0 Å². The molecule has 0 aromatic carbocycles. The summed E-state index contributed by atoms with van der Waals surface area (Å²) >= 11 is 0. The number of piperidine rings is 1. The Morgan fingerprint density at radius 1 is 1.28 bits per heavy atom. The summed E-state index contributed by atoms with van der Waals surface area (Å²) in [6.45, 7) is 6.92. The SMILES string of the molecule is CCn1ccc(CNC2CCN3CCCCC23)c1. The topological polar surface area (TPSA) is 20.2 Å². The Hall–Kier alpha value is -0.800. The summed E-state index contributed by atoms with van der Waals surface area (Å²) in [7, 11) is 0. The van der Waals surface area contributed by atoms with Crippen LogP contribution in [0.5, 0.6) is 0 Å². The van der Waals surface area contributed by atoms with Crippen molar-refractivity contribution >= 4 is 0 Å². The predicted molar refractivity (Wildman–Crippen MR) is 74.6 cm³/mol. The molecule has 0 spiro atoms. The van der Waals surface area contributed by atoms with Crippen LogP contribution in [0, 0.1) is 0 Å². The number of hydrogen-bond donors (Lipinski definition) is 1. The molecule has 1 N–H and O–H groups in total. The molecule has 1 aromatic heterocycles. The lowest BCUT2D eigenvalue weighted by Gasteiger charge is -2.32. The van der Waals surface area contributed by atoms with Gasteiger partial charge < -0.3 is 9.88 Å². The average molecular weight is 247 g/mol. The van der Waals surface area contributed by atoms with E-state index in [1.54, 1.807) is 0 Å². The van der Waals surface area contributed by atoms with Crippen molar-refractivity contribution in [1.29, 1.82) is 0 Å². The first-order chi connectivity index (χ1) is 8.86. The molecule has 3 rings (SSSR count). The fourth-order valence-electron chi connectivity index (χ4n) is 3.53. The molecule has 100 valence electrons. The fraction of sp³-hybridized carbons (Fsp3) is 0.733. The molecule has 0 bridgehead atoms. The van der Waals surface area contributed by atoms with E-state index in [9.17, 15) is 0 Å². The fourth-order valence-corrected chi connectivity index (χ4v) is 3.53. The Balaban J connectivity index is 1.53. The quantitative estimate of drug-likeness (QED) is 0.880. The van der Waals surface area contributed by atoms with Crippen LogP contribution in [0.15, 0.2) is 18.5 Å². The van der Waals surface area contributed by atoms with E-state index in [1.807, 2.05) is 0 Å². The molecule has 2 unspecified atom stereocenters. The van der Waals surface area contributed by atoms with Gasteiger partial charge in [0.2, 0.25) is 0 Å². The second-order valence-electron chi connectivity index (χ2n) is 5.73. The van der Waals surface area contributed by atoms with E-state index in [4.69, 9.17) is 0 Å². The highest BCUT2D eigenvalue weighted by atomic mass is 15.2. The molecule has 2 aliphatic rings. The van der Waals surface area contributed by atoms with Gasteiger partial charge >= 0.3 is 0 Å². The summed E-state index contributed by atoms with van der Waals surface area (Å²) in [5, 5.41) is 3.78. The third-order valence-corrected chi connectivity index (χ3v) is 4.60. The van der Waals surface area contributed by atoms with E-state index in [0.29, 0.717) is 0 Å². The van der Waals surface area contributed by atoms with Crippen molar-refractivity contribution < 1.29 is 0 Å². The first-order valence-corrected chi connectivity index (χ1v) is 7.49. The summed E-state index contributed by atoms with van der Waals surface area (Å²) < 4.78 is 2.25. The van der Waals surface area contributed by atoms with Crippen molar-refractivity contribution in [1.82, 2.24) is 14.8 Å². The van der Waals surface area contributed by atoms with Crippen LogP contribution in [0.4, 0.5) is 0 Å². The summed E-state index contributed by atoms with van der Waals surface area (Å²) in [6.07, 6.45) is 10.0. The van der Waals surface area contributed by atoms with Crippen LogP contribution < -0.4 is 5.32 Å². The molecule has 2 atom stereocenters. The van der Waals surface area contributed by atoms with Crippen LogP contribution in [-0.4, -0.2) is 34.6 Å². The molecule has 0 saturated carbocycles. The number of aryl methyl sites for hydroxylation is 1.